The number of phosphoric ester groups is 1. The van der Waals surface area contributed by atoms with Gasteiger partial charge in [-0.05, 0) is 38.5 Å². The first kappa shape index (κ1) is 60.6. The Morgan fingerprint density at radius 2 is 0.797 bits per heavy atom. The second-order valence-electron chi connectivity index (χ2n) is 18.4. The summed E-state index contributed by atoms with van der Waals surface area (Å²) in [5.74, 6) is -1.09. The predicted octanol–water partition coefficient (Wildman–Crippen LogP) is 11.0. The maximum atomic E-state index is 12.8. The van der Waals surface area contributed by atoms with Gasteiger partial charge in [-0.1, -0.05) is 199 Å². The highest BCUT2D eigenvalue weighted by atomic mass is 31.2. The molecule has 0 amide bonds. The monoisotopic (exact) mass is 935 g/mol. The lowest BCUT2D eigenvalue weighted by Gasteiger charge is -2.41. The summed E-state index contributed by atoms with van der Waals surface area (Å²) >= 11 is 0. The highest BCUT2D eigenvalue weighted by molar-refractivity contribution is 7.47. The van der Waals surface area contributed by atoms with E-state index in [4.69, 9.17) is 18.5 Å². The topological polar surface area (TPSA) is 210 Å². The van der Waals surface area contributed by atoms with Crippen molar-refractivity contribution in [1.82, 2.24) is 0 Å². The molecule has 1 aliphatic carbocycles. The molecule has 1 aliphatic rings. The van der Waals surface area contributed by atoms with Crippen molar-refractivity contribution in [3.63, 3.8) is 0 Å². The van der Waals surface area contributed by atoms with E-state index in [-0.39, 0.29) is 12.8 Å². The second kappa shape index (κ2) is 40.6. The molecule has 1 saturated carbocycles. The lowest BCUT2D eigenvalue weighted by Crippen LogP contribution is -2.64. The lowest BCUT2D eigenvalue weighted by molar-refractivity contribution is -0.220. The van der Waals surface area contributed by atoms with Gasteiger partial charge in [0.25, 0.3) is 0 Å². The van der Waals surface area contributed by atoms with E-state index in [9.17, 15) is 44.6 Å². The predicted molar refractivity (Wildman–Crippen MR) is 254 cm³/mol. The molecule has 1 rings (SSSR count). The molecular weight excluding hydrogens is 840 g/mol. The fourth-order valence-electron chi connectivity index (χ4n) is 8.17. The summed E-state index contributed by atoms with van der Waals surface area (Å²) in [6, 6.07) is 0. The van der Waals surface area contributed by atoms with E-state index in [1.807, 2.05) is 0 Å². The van der Waals surface area contributed by atoms with Gasteiger partial charge in [-0.15, -0.1) is 0 Å². The Hall–Kier alpha value is -1.41. The third-order valence-corrected chi connectivity index (χ3v) is 13.3. The van der Waals surface area contributed by atoms with Crippen LogP contribution in [0, 0.1) is 0 Å². The quantitative estimate of drug-likeness (QED) is 0.0146. The van der Waals surface area contributed by atoms with Crippen molar-refractivity contribution in [2.45, 2.75) is 281 Å². The number of carbonyl (C=O) groups is 2. The van der Waals surface area contributed by atoms with Crippen LogP contribution in [-0.2, 0) is 32.7 Å². The second-order valence-corrected chi connectivity index (χ2v) is 19.8. The molecule has 6 unspecified atom stereocenters. The molecule has 0 aromatic carbocycles. The van der Waals surface area contributed by atoms with Crippen LogP contribution in [0.5, 0.6) is 0 Å². The maximum absolute atomic E-state index is 12.8. The van der Waals surface area contributed by atoms with Gasteiger partial charge in [-0.25, -0.2) is 4.57 Å². The number of allylic oxidation sites excluding steroid dienone is 2. The molecule has 64 heavy (non-hydrogen) atoms. The number of hydrogen-bond acceptors (Lipinski definition) is 12. The van der Waals surface area contributed by atoms with Crippen LogP contribution in [0.25, 0.3) is 0 Å². The van der Waals surface area contributed by atoms with Crippen molar-refractivity contribution < 1.29 is 63.1 Å². The average molecular weight is 935 g/mol. The van der Waals surface area contributed by atoms with Crippen LogP contribution in [0.3, 0.4) is 0 Å². The van der Waals surface area contributed by atoms with Gasteiger partial charge < -0.3 is 39.9 Å². The Morgan fingerprint density at radius 1 is 0.469 bits per heavy atom. The highest BCUT2D eigenvalue weighted by Crippen LogP contribution is 2.47. The summed E-state index contributed by atoms with van der Waals surface area (Å²) < 4.78 is 33.6. The van der Waals surface area contributed by atoms with Crippen LogP contribution in [0.4, 0.5) is 0 Å². The van der Waals surface area contributed by atoms with E-state index in [0.717, 1.165) is 51.4 Å². The van der Waals surface area contributed by atoms with Gasteiger partial charge in [-0.2, -0.15) is 0 Å². The molecule has 1 fully saturated rings. The summed E-state index contributed by atoms with van der Waals surface area (Å²) in [7, 11) is -5.12. The molecule has 0 saturated heterocycles. The first-order chi connectivity index (χ1) is 30.9. The van der Waals surface area contributed by atoms with Crippen LogP contribution in [0.15, 0.2) is 12.2 Å². The summed E-state index contributed by atoms with van der Waals surface area (Å²) in [6.45, 7) is 3.33. The molecule has 0 aromatic rings. The zero-order valence-electron chi connectivity index (χ0n) is 40.3. The van der Waals surface area contributed by atoms with Gasteiger partial charge >= 0.3 is 19.8 Å². The number of phosphoric acid groups is 1. The Bertz CT molecular complexity index is 1170. The number of aliphatic hydroxyl groups excluding tert-OH is 5. The van der Waals surface area contributed by atoms with Gasteiger partial charge in [0.05, 0.1) is 6.61 Å². The molecule has 0 aromatic heterocycles. The SMILES string of the molecule is CCCCCCCC/C=C\CCCCCCCCCCCC(=O)OC(COC(=O)CCCCCCCCCCCCCCCCCC)COP(=O)(O)OC1C(O)C(O)C(O)C(O)C1O. The van der Waals surface area contributed by atoms with E-state index in [1.54, 1.807) is 0 Å². The molecule has 0 spiro atoms. The molecule has 0 aliphatic heterocycles. The largest absolute Gasteiger partial charge is 0.472 e. The summed E-state index contributed by atoms with van der Waals surface area (Å²) in [5.41, 5.74) is 0. The molecule has 13 nitrogen and oxygen atoms in total. The van der Waals surface area contributed by atoms with Crippen LogP contribution in [-0.4, -0.2) is 98.3 Å². The first-order valence-electron chi connectivity index (χ1n) is 26.0. The Balaban J connectivity index is 2.39. The molecule has 0 radical (unpaired) electrons. The summed E-state index contributed by atoms with van der Waals surface area (Å²) in [6.07, 6.45) is 31.1. The van der Waals surface area contributed by atoms with Crippen LogP contribution in [0.1, 0.15) is 239 Å². The van der Waals surface area contributed by atoms with Crippen molar-refractivity contribution >= 4 is 19.8 Å². The summed E-state index contributed by atoms with van der Waals surface area (Å²) in [5, 5.41) is 50.3. The standard InChI is InChI=1S/C50H95O13P/c1-3-5-7-9-11-13-15-17-19-21-22-23-25-27-29-31-33-35-37-39-44(52)62-42(41-61-64(58,59)63-50-48(56)46(54)45(53)47(55)49(50)57)40-60-43(51)38-36-34-32-30-28-26-24-20-18-16-14-12-10-8-6-4-2/h17,19,42,45-50,53-57H,3-16,18,20-41H2,1-2H3,(H,58,59)/b19-17-. The lowest BCUT2D eigenvalue weighted by atomic mass is 9.85. The van der Waals surface area contributed by atoms with Gasteiger partial charge in [0, 0.05) is 12.8 Å². The van der Waals surface area contributed by atoms with Crippen molar-refractivity contribution in [3.05, 3.63) is 12.2 Å². The highest BCUT2D eigenvalue weighted by Gasteiger charge is 2.51. The Kier molecular flexibility index (Phi) is 38.5. The van der Waals surface area contributed by atoms with E-state index < -0.39 is 75.7 Å². The van der Waals surface area contributed by atoms with E-state index in [2.05, 4.69) is 26.0 Å². The van der Waals surface area contributed by atoms with E-state index in [1.165, 1.54) is 148 Å². The zero-order valence-corrected chi connectivity index (χ0v) is 41.2. The molecule has 378 valence electrons. The van der Waals surface area contributed by atoms with Crippen LogP contribution >= 0.6 is 7.82 Å². The van der Waals surface area contributed by atoms with Gasteiger partial charge in [0.1, 0.15) is 43.2 Å². The number of hydrogen-bond donors (Lipinski definition) is 6. The Labute approximate surface area is 388 Å². The minimum absolute atomic E-state index is 0.0991. The maximum Gasteiger partial charge on any atom is 0.472 e. The van der Waals surface area contributed by atoms with E-state index in [0.29, 0.717) is 12.8 Å². The van der Waals surface area contributed by atoms with Crippen molar-refractivity contribution in [2.24, 2.45) is 0 Å². The number of esters is 2. The molecule has 0 heterocycles. The molecule has 6 N–H and O–H groups in total. The zero-order chi connectivity index (χ0) is 47.1. The van der Waals surface area contributed by atoms with E-state index >= 15 is 0 Å². The normalized spacial score (nSPS) is 21.6. The van der Waals surface area contributed by atoms with Crippen molar-refractivity contribution in [1.29, 1.82) is 0 Å². The number of rotatable bonds is 44. The molecule has 6 atom stereocenters. The number of unbranched alkanes of at least 4 members (excludes halogenated alkanes) is 30. The van der Waals surface area contributed by atoms with Gasteiger partial charge in [0.15, 0.2) is 6.10 Å². The summed E-state index contributed by atoms with van der Waals surface area (Å²) in [4.78, 5) is 35.8. The van der Waals surface area contributed by atoms with Crippen molar-refractivity contribution in [2.75, 3.05) is 13.2 Å². The average Bonchev–Trinajstić information content (AvgIpc) is 3.28. The van der Waals surface area contributed by atoms with Gasteiger partial charge in [0.2, 0.25) is 0 Å². The Morgan fingerprint density at radius 3 is 1.19 bits per heavy atom. The van der Waals surface area contributed by atoms with Crippen LogP contribution in [0.2, 0.25) is 0 Å². The molecule has 0 bridgehead atoms. The minimum atomic E-state index is -5.12. The molecule has 14 heteroatoms. The number of aliphatic hydroxyl groups is 5. The van der Waals surface area contributed by atoms with Crippen molar-refractivity contribution in [3.8, 4) is 0 Å². The third kappa shape index (κ3) is 32.3. The first-order valence-corrected chi connectivity index (χ1v) is 27.5. The van der Waals surface area contributed by atoms with Gasteiger partial charge in [-0.3, -0.25) is 18.6 Å². The number of ether oxygens (including phenoxy) is 2. The number of carbonyl (C=O) groups excluding carboxylic acids is 2. The fourth-order valence-corrected chi connectivity index (χ4v) is 9.14. The molecular formula is C50H95O13P. The minimum Gasteiger partial charge on any atom is -0.462 e. The van der Waals surface area contributed by atoms with Crippen LogP contribution < -0.4 is 0 Å². The fraction of sp³-hybridized carbons (Fsp3) is 0.920. The third-order valence-electron chi connectivity index (χ3n) is 12.4. The smallest absolute Gasteiger partial charge is 0.462 e.